The van der Waals surface area contributed by atoms with Gasteiger partial charge in [0.15, 0.2) is 0 Å². The van der Waals surface area contributed by atoms with Crippen LogP contribution in [0.3, 0.4) is 0 Å². The number of esters is 2. The van der Waals surface area contributed by atoms with Crippen LogP contribution in [-0.2, 0) is 32.0 Å². The number of hydrogen-bond donors (Lipinski definition) is 0. The van der Waals surface area contributed by atoms with Gasteiger partial charge in [0.05, 0.1) is 43.0 Å². The van der Waals surface area contributed by atoms with E-state index in [1.165, 1.54) is 0 Å². The minimum Gasteiger partial charge on any atom is -0.497 e. The first-order valence-electron chi connectivity index (χ1n) is 25.7. The topological polar surface area (TPSA) is 134 Å². The number of aryl methyl sites for hydroxylation is 2. The Labute approximate surface area is 407 Å². The van der Waals surface area contributed by atoms with Gasteiger partial charge in [-0.05, 0) is 143 Å². The molecule has 0 N–H and O–H groups in total. The monoisotopic (exact) mass is 938 g/mol. The van der Waals surface area contributed by atoms with Gasteiger partial charge in [-0.25, -0.2) is 0 Å². The molecular formula is C56H71N7O6. The van der Waals surface area contributed by atoms with Crippen LogP contribution in [0.2, 0.25) is 0 Å². The van der Waals surface area contributed by atoms with E-state index in [0.717, 1.165) is 166 Å². The maximum atomic E-state index is 13.6. The lowest BCUT2D eigenvalue weighted by Crippen LogP contribution is -2.55. The molecule has 2 aromatic carbocycles. The zero-order valence-electron chi connectivity index (χ0n) is 40.8. The number of aromatic nitrogens is 5. The summed E-state index contributed by atoms with van der Waals surface area (Å²) in [6, 6.07) is 16.1. The quantitative estimate of drug-likeness (QED) is 0.0331. The molecule has 3 aromatic heterocycles. The average molecular weight is 938 g/mol. The van der Waals surface area contributed by atoms with Crippen molar-refractivity contribution in [3.05, 3.63) is 109 Å². The summed E-state index contributed by atoms with van der Waals surface area (Å²) in [5.41, 5.74) is 4.72. The minimum absolute atomic E-state index is 0.112. The molecule has 6 saturated heterocycles. The van der Waals surface area contributed by atoms with Gasteiger partial charge in [-0.2, -0.15) is 0 Å². The fraction of sp³-hybridized carbons (Fsp3) is 0.536. The van der Waals surface area contributed by atoms with E-state index in [1.807, 2.05) is 65.6 Å². The van der Waals surface area contributed by atoms with Crippen LogP contribution in [0.5, 0.6) is 11.5 Å². The molecule has 9 heterocycles. The Morgan fingerprint density at radius 3 is 1.67 bits per heavy atom. The van der Waals surface area contributed by atoms with E-state index in [1.54, 1.807) is 14.2 Å². The number of benzene rings is 2. The van der Waals surface area contributed by atoms with Crippen LogP contribution in [0.4, 0.5) is 0 Å². The molecule has 0 radical (unpaired) electrons. The number of piperidine rings is 6. The molecule has 0 amide bonds. The van der Waals surface area contributed by atoms with Gasteiger partial charge in [0.2, 0.25) is 0 Å². The van der Waals surface area contributed by atoms with Crippen molar-refractivity contribution in [1.29, 1.82) is 0 Å². The third-order valence-corrected chi connectivity index (χ3v) is 15.8. The lowest BCUT2D eigenvalue weighted by molar-refractivity contribution is -0.158. The van der Waals surface area contributed by atoms with Crippen LogP contribution < -0.4 is 9.47 Å². The van der Waals surface area contributed by atoms with Gasteiger partial charge in [0.1, 0.15) is 23.7 Å². The second-order valence-electron chi connectivity index (χ2n) is 19.9. The molecular weight excluding hydrogens is 867 g/mol. The number of fused-ring (bicyclic) bond motifs is 8. The second-order valence-corrected chi connectivity index (χ2v) is 19.9. The highest BCUT2D eigenvalue weighted by atomic mass is 16.5. The van der Waals surface area contributed by atoms with E-state index in [4.69, 9.17) is 18.9 Å². The number of ether oxygens (including phenoxy) is 4. The molecule has 0 saturated carbocycles. The zero-order valence-corrected chi connectivity index (χ0v) is 40.8. The predicted molar refractivity (Wildman–Crippen MR) is 268 cm³/mol. The average Bonchev–Trinajstić information content (AvgIpc) is 3.86. The second kappa shape index (κ2) is 22.8. The molecule has 13 heteroatoms. The van der Waals surface area contributed by atoms with Crippen molar-refractivity contribution in [2.24, 2.45) is 23.7 Å². The fourth-order valence-corrected chi connectivity index (χ4v) is 11.9. The van der Waals surface area contributed by atoms with Gasteiger partial charge in [0.25, 0.3) is 0 Å². The molecule has 10 atom stereocenters. The molecule has 69 heavy (non-hydrogen) atoms. The maximum Gasteiger partial charge on any atom is 0.306 e. The molecule has 0 spiro atoms. The third-order valence-electron chi connectivity index (χ3n) is 15.8. The standard InChI is InChI=1S/C56H71N7O6/c1-5-38-35-61-29-24-40(38)31-51(61)55(45-22-26-57-49-20-18-43(66-3)33-47(45)49)68-53(64)16-12-8-7-11-15-42-37-63(60-59-42)28-14-10-9-13-17-54(65)69-56(52-32-41-25-30-62(52)36-39(41)6-2)46-23-27-58-50-21-19-44(67-4)34-48(46)50/h5-6,18-23,26-27,33-34,37-41,51-52,55-56H,1-2,7-17,24-25,28-32,35-36H2,3-4H3/t38-,39-,40-,41-,51-,52-,55+,56+/m0/s1. The Kier molecular flexibility index (Phi) is 16.0. The highest BCUT2D eigenvalue weighted by Gasteiger charge is 2.46. The van der Waals surface area contributed by atoms with Crippen LogP contribution >= 0.6 is 0 Å². The number of carbonyl (C=O) groups excluding carboxylic acids is 2. The lowest BCUT2D eigenvalue weighted by atomic mass is 9.73. The first-order valence-corrected chi connectivity index (χ1v) is 25.7. The van der Waals surface area contributed by atoms with Crippen molar-refractivity contribution in [2.75, 3.05) is 40.4 Å². The number of nitrogens with zero attached hydrogens (tertiary/aromatic N) is 7. The zero-order chi connectivity index (χ0) is 47.7. The number of rotatable bonds is 24. The SMILES string of the molecule is C=C[C@H]1CN2CC[C@H]1C[C@H]2[C@H](OC(=O)CCCCCCc1cn(CCCCCCC(=O)O[C@H](c2ccnc3ccc(OC)cc23)[C@@H]2C[C@@H]3CCN2C[C@@H]3C=C)nn1)c1ccnc2ccc(OC)cc12. The Hall–Kier alpha value is -5.66. The molecule has 0 aliphatic carbocycles. The molecule has 5 aromatic rings. The first kappa shape index (κ1) is 48.4. The summed E-state index contributed by atoms with van der Waals surface area (Å²) >= 11 is 0. The van der Waals surface area contributed by atoms with E-state index in [2.05, 4.69) is 61.6 Å². The van der Waals surface area contributed by atoms with Crippen LogP contribution in [0.25, 0.3) is 21.8 Å². The molecule has 2 unspecified atom stereocenters. The molecule has 6 fully saturated rings. The molecule has 11 rings (SSSR count). The van der Waals surface area contributed by atoms with Gasteiger partial charge < -0.3 is 18.9 Å². The highest BCUT2D eigenvalue weighted by molar-refractivity contribution is 5.85. The number of pyridine rings is 2. The Morgan fingerprint density at radius 2 is 1.19 bits per heavy atom. The Balaban J connectivity index is 0.695. The molecule has 4 bridgehead atoms. The first-order chi connectivity index (χ1) is 33.8. The largest absolute Gasteiger partial charge is 0.497 e. The minimum atomic E-state index is -0.385. The number of carbonyl (C=O) groups is 2. The molecule has 6 aliphatic heterocycles. The van der Waals surface area contributed by atoms with E-state index in [-0.39, 0.29) is 36.2 Å². The summed E-state index contributed by atoms with van der Waals surface area (Å²) < 4.78 is 26.0. The van der Waals surface area contributed by atoms with Gasteiger partial charge in [0, 0.05) is 73.0 Å². The van der Waals surface area contributed by atoms with Crippen LogP contribution in [0, 0.1) is 23.7 Å². The summed E-state index contributed by atoms with van der Waals surface area (Å²) in [5.74, 6) is 3.28. The van der Waals surface area contributed by atoms with Crippen molar-refractivity contribution in [2.45, 2.75) is 127 Å². The van der Waals surface area contributed by atoms with Crippen molar-refractivity contribution in [3.63, 3.8) is 0 Å². The van der Waals surface area contributed by atoms with Crippen molar-refractivity contribution in [1.82, 2.24) is 34.8 Å². The van der Waals surface area contributed by atoms with E-state index >= 15 is 0 Å². The van der Waals surface area contributed by atoms with E-state index < -0.39 is 0 Å². The lowest BCUT2D eigenvalue weighted by Gasteiger charge is -2.51. The summed E-state index contributed by atoms with van der Waals surface area (Å²) in [7, 11) is 3.34. The van der Waals surface area contributed by atoms with E-state index in [9.17, 15) is 9.59 Å². The van der Waals surface area contributed by atoms with Crippen LogP contribution in [-0.4, -0.2) is 99.2 Å². The highest BCUT2D eigenvalue weighted by Crippen LogP contribution is 2.45. The summed E-state index contributed by atoms with van der Waals surface area (Å²) in [6.07, 6.45) is 22.4. The van der Waals surface area contributed by atoms with Gasteiger partial charge >= 0.3 is 11.9 Å². The summed E-state index contributed by atoms with van der Waals surface area (Å²) in [4.78, 5) is 41.4. The van der Waals surface area contributed by atoms with Gasteiger partial charge in [-0.1, -0.05) is 43.0 Å². The predicted octanol–water partition coefficient (Wildman–Crippen LogP) is 10.2. The maximum absolute atomic E-state index is 13.6. The van der Waals surface area contributed by atoms with E-state index in [0.29, 0.717) is 36.5 Å². The van der Waals surface area contributed by atoms with Gasteiger partial charge in [-0.15, -0.1) is 18.3 Å². The fourth-order valence-electron chi connectivity index (χ4n) is 11.9. The third kappa shape index (κ3) is 11.4. The Bertz CT molecular complexity index is 2390. The van der Waals surface area contributed by atoms with Crippen molar-refractivity contribution >= 4 is 33.7 Å². The summed E-state index contributed by atoms with van der Waals surface area (Å²) in [5, 5.41) is 10.8. The van der Waals surface area contributed by atoms with Gasteiger partial charge in [-0.3, -0.25) is 34.0 Å². The number of unbranched alkanes of at least 4 members (excludes halogenated alkanes) is 6. The normalized spacial score (nSPS) is 24.7. The molecule has 13 nitrogen and oxygen atoms in total. The van der Waals surface area contributed by atoms with Crippen LogP contribution in [0.15, 0.2) is 92.4 Å². The number of hydrogen-bond acceptors (Lipinski definition) is 12. The van der Waals surface area contributed by atoms with Crippen molar-refractivity contribution < 1.29 is 28.5 Å². The molecule has 6 aliphatic rings. The summed E-state index contributed by atoms with van der Waals surface area (Å²) in [6.45, 7) is 12.9. The van der Waals surface area contributed by atoms with Crippen molar-refractivity contribution in [3.8, 4) is 11.5 Å². The molecule has 366 valence electrons. The van der Waals surface area contributed by atoms with Crippen LogP contribution in [0.1, 0.15) is 119 Å². The smallest absolute Gasteiger partial charge is 0.306 e. The Morgan fingerprint density at radius 1 is 0.681 bits per heavy atom. The number of methoxy groups -OCH3 is 2.